The molecule has 0 bridgehead atoms. The van der Waals surface area contributed by atoms with E-state index in [4.69, 9.17) is 0 Å². The Morgan fingerprint density at radius 2 is 2.15 bits per heavy atom. The first-order chi connectivity index (χ1) is 9.64. The predicted octanol–water partition coefficient (Wildman–Crippen LogP) is 3.94. The van der Waals surface area contributed by atoms with Crippen LogP contribution < -0.4 is 0 Å². The Bertz CT molecular complexity index is 617. The summed E-state index contributed by atoms with van der Waals surface area (Å²) in [6.45, 7) is 2.07. The Morgan fingerprint density at radius 3 is 2.85 bits per heavy atom. The number of fused-ring (bicyclic) bond motifs is 1. The highest BCUT2D eigenvalue weighted by Crippen LogP contribution is 2.41. The molecule has 3 rings (SSSR count). The molecule has 1 aliphatic carbocycles. The van der Waals surface area contributed by atoms with Crippen molar-refractivity contribution in [3.05, 3.63) is 52.8 Å². The Hall–Kier alpha value is -1.09. The van der Waals surface area contributed by atoms with Gasteiger partial charge in [-0.05, 0) is 49.8 Å². The van der Waals surface area contributed by atoms with E-state index in [1.165, 1.54) is 36.1 Å². The molecule has 0 N–H and O–H groups in total. The van der Waals surface area contributed by atoms with Crippen molar-refractivity contribution < 1.29 is 0 Å². The molecule has 1 unspecified atom stereocenters. The minimum Gasteiger partial charge on any atom is -0.272 e. The summed E-state index contributed by atoms with van der Waals surface area (Å²) >= 11 is 3.80. The van der Waals surface area contributed by atoms with Crippen LogP contribution in [-0.4, -0.2) is 15.1 Å². The van der Waals surface area contributed by atoms with Crippen LogP contribution in [0.4, 0.5) is 0 Å². The number of hydrogen-bond acceptors (Lipinski definition) is 1. The van der Waals surface area contributed by atoms with Gasteiger partial charge in [-0.3, -0.25) is 4.68 Å². The quantitative estimate of drug-likeness (QED) is 0.778. The van der Waals surface area contributed by atoms with Crippen molar-refractivity contribution in [1.82, 2.24) is 9.78 Å². The number of aryl methyl sites for hydroxylation is 3. The number of alkyl halides is 1. The smallest absolute Gasteiger partial charge is 0.0596 e. The maximum atomic E-state index is 4.50. The third-order valence-corrected chi connectivity index (χ3v) is 5.64. The highest BCUT2D eigenvalue weighted by atomic mass is 79.9. The summed E-state index contributed by atoms with van der Waals surface area (Å²) < 4.78 is 2.04. The van der Waals surface area contributed by atoms with Gasteiger partial charge in [0.05, 0.1) is 5.69 Å². The largest absolute Gasteiger partial charge is 0.272 e. The van der Waals surface area contributed by atoms with E-state index in [0.717, 1.165) is 17.4 Å². The number of hydrogen-bond donors (Lipinski definition) is 0. The molecule has 2 nitrogen and oxygen atoms in total. The maximum Gasteiger partial charge on any atom is 0.0596 e. The van der Waals surface area contributed by atoms with Gasteiger partial charge in [0, 0.05) is 23.5 Å². The van der Waals surface area contributed by atoms with Crippen LogP contribution in [0.15, 0.2) is 30.3 Å². The summed E-state index contributed by atoms with van der Waals surface area (Å²) in [5.41, 5.74) is 5.71. The Morgan fingerprint density at radius 1 is 1.35 bits per heavy atom. The van der Waals surface area contributed by atoms with Gasteiger partial charge in [0.15, 0.2) is 0 Å². The van der Waals surface area contributed by atoms with Gasteiger partial charge in [0.25, 0.3) is 0 Å². The average Bonchev–Trinajstić information content (AvgIpc) is 2.77. The third kappa shape index (κ3) is 2.32. The zero-order valence-electron chi connectivity index (χ0n) is 12.2. The van der Waals surface area contributed by atoms with Gasteiger partial charge in [-0.2, -0.15) is 5.10 Å². The van der Waals surface area contributed by atoms with Crippen LogP contribution in [0.1, 0.15) is 35.4 Å². The second kappa shape index (κ2) is 5.36. The second-order valence-corrected chi connectivity index (χ2v) is 6.56. The SMILES string of the molecule is Cc1cc(CC2(CBr)CCCc3ccccc32)n(C)n1. The lowest BCUT2D eigenvalue weighted by Crippen LogP contribution is -2.35. The van der Waals surface area contributed by atoms with Crippen molar-refractivity contribution in [1.29, 1.82) is 0 Å². The van der Waals surface area contributed by atoms with E-state index in [9.17, 15) is 0 Å². The lowest BCUT2D eigenvalue weighted by Gasteiger charge is -2.38. The molecule has 0 fully saturated rings. The van der Waals surface area contributed by atoms with E-state index in [1.807, 2.05) is 4.68 Å². The van der Waals surface area contributed by atoms with Crippen LogP contribution in [0.2, 0.25) is 0 Å². The van der Waals surface area contributed by atoms with Gasteiger partial charge < -0.3 is 0 Å². The van der Waals surface area contributed by atoms with Crippen LogP contribution in [0.25, 0.3) is 0 Å². The van der Waals surface area contributed by atoms with Gasteiger partial charge >= 0.3 is 0 Å². The molecule has 0 aliphatic heterocycles. The fourth-order valence-corrected chi connectivity index (χ4v) is 4.33. The van der Waals surface area contributed by atoms with E-state index >= 15 is 0 Å². The molecule has 0 radical (unpaired) electrons. The molecule has 1 heterocycles. The summed E-state index contributed by atoms with van der Waals surface area (Å²) in [6.07, 6.45) is 4.81. The summed E-state index contributed by atoms with van der Waals surface area (Å²) in [4.78, 5) is 0. The van der Waals surface area contributed by atoms with Gasteiger partial charge in [-0.1, -0.05) is 40.2 Å². The van der Waals surface area contributed by atoms with Crippen LogP contribution >= 0.6 is 15.9 Å². The van der Waals surface area contributed by atoms with Crippen molar-refractivity contribution in [3.8, 4) is 0 Å². The molecule has 1 aliphatic rings. The van der Waals surface area contributed by atoms with Crippen molar-refractivity contribution in [2.24, 2.45) is 7.05 Å². The fourth-order valence-electron chi connectivity index (χ4n) is 3.55. The van der Waals surface area contributed by atoms with E-state index in [2.05, 4.69) is 65.3 Å². The van der Waals surface area contributed by atoms with Gasteiger partial charge in [0.2, 0.25) is 0 Å². The molecule has 20 heavy (non-hydrogen) atoms. The molecule has 1 aromatic carbocycles. The number of benzene rings is 1. The van der Waals surface area contributed by atoms with Crippen molar-refractivity contribution >= 4 is 15.9 Å². The Balaban J connectivity index is 2.02. The zero-order valence-corrected chi connectivity index (χ0v) is 13.8. The number of rotatable bonds is 3. The molecular weight excluding hydrogens is 312 g/mol. The van der Waals surface area contributed by atoms with Crippen molar-refractivity contribution in [2.75, 3.05) is 5.33 Å². The second-order valence-electron chi connectivity index (χ2n) is 6.00. The molecule has 0 spiro atoms. The van der Waals surface area contributed by atoms with Gasteiger partial charge in [-0.15, -0.1) is 0 Å². The molecular formula is C17H21BrN2. The fraction of sp³-hybridized carbons (Fsp3) is 0.471. The number of aromatic nitrogens is 2. The minimum absolute atomic E-state index is 0.217. The van der Waals surface area contributed by atoms with E-state index in [-0.39, 0.29) is 5.41 Å². The minimum atomic E-state index is 0.217. The van der Waals surface area contributed by atoms with E-state index in [1.54, 1.807) is 0 Å². The first-order valence-corrected chi connectivity index (χ1v) is 8.41. The summed E-state index contributed by atoms with van der Waals surface area (Å²) in [5.74, 6) is 0. The highest BCUT2D eigenvalue weighted by Gasteiger charge is 2.36. The third-order valence-electron chi connectivity index (χ3n) is 4.56. The summed E-state index contributed by atoms with van der Waals surface area (Å²) in [6, 6.07) is 11.2. The monoisotopic (exact) mass is 332 g/mol. The lowest BCUT2D eigenvalue weighted by molar-refractivity contribution is 0.391. The molecule has 106 valence electrons. The maximum absolute atomic E-state index is 4.50. The summed E-state index contributed by atoms with van der Waals surface area (Å²) in [5, 5.41) is 5.51. The van der Waals surface area contributed by atoms with E-state index < -0.39 is 0 Å². The normalized spacial score (nSPS) is 21.8. The number of nitrogens with zero attached hydrogens (tertiary/aromatic N) is 2. The van der Waals surface area contributed by atoms with Crippen LogP contribution in [0.3, 0.4) is 0 Å². The van der Waals surface area contributed by atoms with E-state index in [0.29, 0.717) is 0 Å². The molecule has 2 aromatic rings. The summed E-state index contributed by atoms with van der Waals surface area (Å²) in [7, 11) is 2.05. The molecule has 1 atom stereocenters. The van der Waals surface area contributed by atoms with Crippen molar-refractivity contribution in [3.63, 3.8) is 0 Å². The standard InChI is InChI=1S/C17H21BrN2/c1-13-10-15(20(2)19-13)11-17(12-18)9-5-7-14-6-3-4-8-16(14)17/h3-4,6,8,10H,5,7,9,11-12H2,1-2H3. The first-order valence-electron chi connectivity index (χ1n) is 7.28. The lowest BCUT2D eigenvalue weighted by atomic mass is 9.69. The average molecular weight is 333 g/mol. The first kappa shape index (κ1) is 13.9. The van der Waals surface area contributed by atoms with Crippen LogP contribution in [-0.2, 0) is 25.3 Å². The molecule has 0 saturated heterocycles. The zero-order chi connectivity index (χ0) is 14.2. The predicted molar refractivity (Wildman–Crippen MR) is 86.5 cm³/mol. The molecule has 0 saturated carbocycles. The number of halogens is 1. The molecule has 3 heteroatoms. The van der Waals surface area contributed by atoms with Gasteiger partial charge in [0.1, 0.15) is 0 Å². The van der Waals surface area contributed by atoms with Crippen LogP contribution in [0.5, 0.6) is 0 Å². The Kier molecular flexibility index (Phi) is 3.72. The highest BCUT2D eigenvalue weighted by molar-refractivity contribution is 9.09. The Labute approximate surface area is 129 Å². The molecule has 1 aromatic heterocycles. The topological polar surface area (TPSA) is 17.8 Å². The van der Waals surface area contributed by atoms with Gasteiger partial charge in [-0.25, -0.2) is 0 Å². The van der Waals surface area contributed by atoms with Crippen LogP contribution in [0, 0.1) is 6.92 Å². The molecule has 0 amide bonds. The van der Waals surface area contributed by atoms with Crippen molar-refractivity contribution in [2.45, 2.75) is 38.0 Å².